The highest BCUT2D eigenvalue weighted by Gasteiger charge is 2.40. The lowest BCUT2D eigenvalue weighted by Crippen LogP contribution is -2.48. The molecule has 0 saturated carbocycles. The van der Waals surface area contributed by atoms with E-state index < -0.39 is 5.97 Å². The van der Waals surface area contributed by atoms with Crippen LogP contribution < -0.4 is 14.2 Å². The van der Waals surface area contributed by atoms with Crippen LogP contribution >= 0.6 is 24.2 Å². The molecule has 170 valence electrons. The van der Waals surface area contributed by atoms with Crippen molar-refractivity contribution in [1.82, 2.24) is 4.90 Å². The molecule has 31 heavy (non-hydrogen) atoms. The highest BCUT2D eigenvalue weighted by atomic mass is 35.5. The van der Waals surface area contributed by atoms with Gasteiger partial charge in [-0.2, -0.15) is 0 Å². The Morgan fingerprint density at radius 2 is 1.71 bits per heavy atom. The van der Waals surface area contributed by atoms with Crippen LogP contribution in [0.4, 0.5) is 0 Å². The van der Waals surface area contributed by atoms with E-state index in [0.717, 1.165) is 12.2 Å². The Balaban J connectivity index is 0.00000341. The van der Waals surface area contributed by atoms with Gasteiger partial charge in [-0.05, 0) is 51.2 Å². The van der Waals surface area contributed by atoms with Gasteiger partial charge in [0.25, 0.3) is 0 Å². The van der Waals surface area contributed by atoms with E-state index in [4.69, 9.17) is 18.9 Å². The lowest BCUT2D eigenvalue weighted by atomic mass is 9.85. The van der Waals surface area contributed by atoms with Gasteiger partial charge in [0.2, 0.25) is 5.75 Å². The lowest BCUT2D eigenvalue weighted by molar-refractivity contribution is 0.0108. The molecule has 0 fully saturated rings. The summed E-state index contributed by atoms with van der Waals surface area (Å²) in [4.78, 5) is 16.4. The first kappa shape index (κ1) is 25.2. The molecular weight excluding hydrogens is 438 g/mol. The summed E-state index contributed by atoms with van der Waals surface area (Å²) < 4.78 is 21.9. The fraction of sp³-hybridized carbons (Fsp3) is 0.435. The molecule has 2 aromatic carbocycles. The Bertz CT molecular complexity index is 911. The van der Waals surface area contributed by atoms with Gasteiger partial charge in [0.15, 0.2) is 11.5 Å². The van der Waals surface area contributed by atoms with Crippen molar-refractivity contribution < 1.29 is 23.7 Å². The zero-order chi connectivity index (χ0) is 21.9. The maximum Gasteiger partial charge on any atom is 0.338 e. The van der Waals surface area contributed by atoms with E-state index in [2.05, 4.69) is 30.0 Å². The normalized spacial score (nSPS) is 17.4. The summed E-state index contributed by atoms with van der Waals surface area (Å²) in [6.45, 7) is 2.34. The number of fused-ring (bicyclic) bond motifs is 1. The van der Waals surface area contributed by atoms with Crippen molar-refractivity contribution in [3.05, 3.63) is 47.0 Å². The van der Waals surface area contributed by atoms with Crippen molar-refractivity contribution in [1.29, 1.82) is 0 Å². The van der Waals surface area contributed by atoms with Crippen molar-refractivity contribution in [3.63, 3.8) is 0 Å². The van der Waals surface area contributed by atoms with E-state index in [1.165, 1.54) is 37.4 Å². The average Bonchev–Trinajstić information content (AvgIpc) is 2.76. The quantitative estimate of drug-likeness (QED) is 0.553. The van der Waals surface area contributed by atoms with Crippen LogP contribution in [0.5, 0.6) is 17.2 Å². The summed E-state index contributed by atoms with van der Waals surface area (Å²) >= 11 is 1.85. The van der Waals surface area contributed by atoms with Crippen LogP contribution in [0.1, 0.15) is 27.9 Å². The first-order valence-electron chi connectivity index (χ1n) is 9.74. The third kappa shape index (κ3) is 4.89. The number of hydrogen-bond acceptors (Lipinski definition) is 7. The molecule has 3 rings (SSSR count). The molecule has 2 aromatic rings. The monoisotopic (exact) mass is 467 g/mol. The van der Waals surface area contributed by atoms with Crippen molar-refractivity contribution in [3.8, 4) is 17.2 Å². The Hall–Kier alpha value is -2.09. The minimum absolute atomic E-state index is 0. The zero-order valence-corrected chi connectivity index (χ0v) is 20.4. The van der Waals surface area contributed by atoms with Gasteiger partial charge in [0.05, 0.1) is 32.4 Å². The molecule has 1 atom stereocenters. The van der Waals surface area contributed by atoms with Crippen molar-refractivity contribution >= 4 is 30.1 Å². The second-order valence-electron chi connectivity index (χ2n) is 7.51. The summed E-state index contributed by atoms with van der Waals surface area (Å²) in [5.41, 5.74) is 2.39. The van der Waals surface area contributed by atoms with Crippen LogP contribution in [-0.2, 0) is 10.3 Å². The van der Waals surface area contributed by atoms with E-state index >= 15 is 0 Å². The van der Waals surface area contributed by atoms with Crippen LogP contribution in [0.3, 0.4) is 0 Å². The second-order valence-corrected chi connectivity index (χ2v) is 8.65. The number of methoxy groups -OCH3 is 3. The van der Waals surface area contributed by atoms with Crippen LogP contribution in [0.25, 0.3) is 0 Å². The molecular formula is C23H30ClNO5S. The minimum atomic E-state index is -0.428. The molecule has 1 heterocycles. The molecule has 6 nitrogen and oxygen atoms in total. The molecule has 0 amide bonds. The summed E-state index contributed by atoms with van der Waals surface area (Å²) in [7, 11) is 8.64. The molecule has 8 heteroatoms. The largest absolute Gasteiger partial charge is 0.493 e. The first-order chi connectivity index (χ1) is 14.4. The first-order valence-corrected chi connectivity index (χ1v) is 10.7. The predicted octanol–water partition coefficient (Wildman–Crippen LogP) is 4.55. The number of nitrogens with zero attached hydrogens (tertiary/aromatic N) is 1. The number of halogens is 1. The highest BCUT2D eigenvalue weighted by Crippen LogP contribution is 2.44. The van der Waals surface area contributed by atoms with Gasteiger partial charge in [-0.1, -0.05) is 17.7 Å². The topological polar surface area (TPSA) is 57.2 Å². The molecule has 1 aliphatic rings. The Morgan fingerprint density at radius 1 is 1.06 bits per heavy atom. The number of carbonyl (C=O) groups excluding carboxylic acids is 1. The Morgan fingerprint density at radius 3 is 2.26 bits per heavy atom. The summed E-state index contributed by atoms with van der Waals surface area (Å²) in [6.07, 6.45) is 0.893. The molecule has 0 aromatic heterocycles. The molecule has 0 spiro atoms. The van der Waals surface area contributed by atoms with Gasteiger partial charge >= 0.3 is 5.97 Å². The van der Waals surface area contributed by atoms with E-state index in [1.54, 1.807) is 12.1 Å². The van der Waals surface area contributed by atoms with Crippen molar-refractivity contribution in [2.24, 2.45) is 0 Å². The number of ether oxygens (including phenoxy) is 4. The number of rotatable bonds is 7. The lowest BCUT2D eigenvalue weighted by Gasteiger charge is -2.43. The molecule has 0 N–H and O–H groups in total. The van der Waals surface area contributed by atoms with Gasteiger partial charge in [-0.15, -0.1) is 24.2 Å². The molecule has 0 aliphatic carbocycles. The van der Waals surface area contributed by atoms with Crippen LogP contribution in [0.15, 0.2) is 35.2 Å². The van der Waals surface area contributed by atoms with Gasteiger partial charge in [-0.25, -0.2) is 4.79 Å². The molecule has 1 unspecified atom stereocenters. The molecule has 0 bridgehead atoms. The van der Waals surface area contributed by atoms with Crippen LogP contribution in [-0.4, -0.2) is 58.7 Å². The fourth-order valence-corrected chi connectivity index (χ4v) is 5.04. The van der Waals surface area contributed by atoms with E-state index in [-0.39, 0.29) is 24.6 Å². The third-order valence-electron chi connectivity index (χ3n) is 5.61. The molecule has 0 radical (unpaired) electrons. The number of esters is 1. The number of likely N-dealkylation sites (N-methyl/N-ethyl adjacent to an activating group) is 1. The maximum absolute atomic E-state index is 13.0. The minimum Gasteiger partial charge on any atom is -0.493 e. The van der Waals surface area contributed by atoms with Gasteiger partial charge in [0, 0.05) is 10.6 Å². The Kier molecular flexibility index (Phi) is 8.51. The second kappa shape index (κ2) is 10.5. The van der Waals surface area contributed by atoms with Crippen LogP contribution in [0, 0.1) is 6.92 Å². The highest BCUT2D eigenvalue weighted by molar-refractivity contribution is 7.99. The van der Waals surface area contributed by atoms with E-state index in [0.29, 0.717) is 22.8 Å². The average molecular weight is 468 g/mol. The number of thioether (sulfide) groups is 1. The van der Waals surface area contributed by atoms with Gasteiger partial charge < -0.3 is 18.9 Å². The van der Waals surface area contributed by atoms with E-state index in [1.807, 2.05) is 25.9 Å². The van der Waals surface area contributed by atoms with Gasteiger partial charge in [0.1, 0.15) is 6.61 Å². The summed E-state index contributed by atoms with van der Waals surface area (Å²) in [5.74, 6) is 1.82. The molecule has 1 aliphatic heterocycles. The zero-order valence-electron chi connectivity index (χ0n) is 18.8. The summed E-state index contributed by atoms with van der Waals surface area (Å²) in [6, 6.07) is 9.71. The van der Waals surface area contributed by atoms with Crippen molar-refractivity contribution in [2.45, 2.75) is 23.8 Å². The standard InChI is InChI=1S/C23H29NO5S.ClH/c1-15-7-8-20-17(11-15)23(24(2)3,9-10-30-20)14-29-22(25)16-12-18(26-4)21(28-6)19(13-16)27-5;/h7-8,11-13H,9-10,14H2,1-6H3;1H. The third-order valence-corrected chi connectivity index (χ3v) is 6.68. The van der Waals surface area contributed by atoms with Gasteiger partial charge in [-0.3, -0.25) is 4.90 Å². The van der Waals surface area contributed by atoms with Crippen molar-refractivity contribution in [2.75, 3.05) is 47.8 Å². The predicted molar refractivity (Wildman–Crippen MR) is 126 cm³/mol. The number of hydrogen-bond donors (Lipinski definition) is 0. The number of carbonyl (C=O) groups is 1. The fourth-order valence-electron chi connectivity index (χ4n) is 3.81. The van der Waals surface area contributed by atoms with Crippen LogP contribution in [0.2, 0.25) is 0 Å². The maximum atomic E-state index is 13.0. The molecule has 0 saturated heterocycles. The number of aryl methyl sites for hydroxylation is 1. The Labute approximate surface area is 194 Å². The smallest absolute Gasteiger partial charge is 0.338 e. The SMILES string of the molecule is COc1cc(C(=O)OCC2(N(C)C)CCSc3ccc(C)cc32)cc(OC)c1OC.Cl. The number of benzene rings is 2. The summed E-state index contributed by atoms with van der Waals surface area (Å²) in [5, 5.41) is 0. The van der Waals surface area contributed by atoms with E-state index in [9.17, 15) is 4.79 Å².